The van der Waals surface area contributed by atoms with Crippen LogP contribution in [0, 0.1) is 13.8 Å². The third-order valence-electron chi connectivity index (χ3n) is 6.23. The number of nitrogens with one attached hydrogen (secondary N) is 1. The van der Waals surface area contributed by atoms with E-state index < -0.39 is 10.0 Å². The molecule has 8 heteroatoms. The van der Waals surface area contributed by atoms with Gasteiger partial charge < -0.3 is 5.32 Å². The lowest BCUT2D eigenvalue weighted by molar-refractivity contribution is 0.0956. The summed E-state index contributed by atoms with van der Waals surface area (Å²) in [6, 6.07) is 29.0. The van der Waals surface area contributed by atoms with Crippen molar-refractivity contribution >= 4 is 45.0 Å². The van der Waals surface area contributed by atoms with E-state index in [1.54, 1.807) is 84.6 Å². The molecule has 39 heavy (non-hydrogen) atoms. The number of thioether (sulfide) groups is 1. The Kier molecular flexibility index (Phi) is 9.73. The molecule has 4 rings (SSSR count). The molecular weight excluding hydrogens is 548 g/mol. The van der Waals surface area contributed by atoms with Crippen molar-refractivity contribution in [3.8, 4) is 0 Å². The minimum atomic E-state index is -3.86. The first-order chi connectivity index (χ1) is 18.7. The topological polar surface area (TPSA) is 66.5 Å². The van der Waals surface area contributed by atoms with Crippen LogP contribution in [0.15, 0.2) is 102 Å². The summed E-state index contributed by atoms with van der Waals surface area (Å²) in [5.41, 5.74) is 5.08. The number of benzene rings is 4. The summed E-state index contributed by atoms with van der Waals surface area (Å²) in [5.74, 6) is 1.56. The molecule has 5 nitrogen and oxygen atoms in total. The average Bonchev–Trinajstić information content (AvgIpc) is 2.94. The van der Waals surface area contributed by atoms with E-state index in [0.29, 0.717) is 22.8 Å². The predicted molar refractivity (Wildman–Crippen MR) is 162 cm³/mol. The monoisotopic (exact) mass is 578 g/mol. The van der Waals surface area contributed by atoms with Crippen LogP contribution < -0.4 is 9.62 Å². The fourth-order valence-corrected chi connectivity index (χ4v) is 6.53. The summed E-state index contributed by atoms with van der Waals surface area (Å²) in [6.45, 7) is 4.58. The second-order valence-electron chi connectivity index (χ2n) is 9.25. The second kappa shape index (κ2) is 13.2. The SMILES string of the molecule is Cc1ccc(CSCCNC(=O)c2ccc(CN(c3cc(Cl)ccc3C)S(=O)(=O)c3ccccc3)cc2)cc1. The molecule has 0 aliphatic heterocycles. The summed E-state index contributed by atoms with van der Waals surface area (Å²) in [4.78, 5) is 12.9. The van der Waals surface area contributed by atoms with Crippen molar-refractivity contribution in [2.45, 2.75) is 31.0 Å². The molecule has 202 valence electrons. The van der Waals surface area contributed by atoms with Crippen molar-refractivity contribution < 1.29 is 13.2 Å². The van der Waals surface area contributed by atoms with E-state index in [1.807, 2.05) is 6.92 Å². The van der Waals surface area contributed by atoms with E-state index in [9.17, 15) is 13.2 Å². The maximum absolute atomic E-state index is 13.7. The predicted octanol–water partition coefficient (Wildman–Crippen LogP) is 7.02. The molecule has 0 aliphatic carbocycles. The van der Waals surface area contributed by atoms with Gasteiger partial charge in [-0.05, 0) is 66.9 Å². The van der Waals surface area contributed by atoms with Crippen LogP contribution in [0.1, 0.15) is 32.6 Å². The van der Waals surface area contributed by atoms with Crippen LogP contribution in [0.5, 0.6) is 0 Å². The average molecular weight is 579 g/mol. The number of carbonyl (C=O) groups excluding carboxylic acids is 1. The number of amides is 1. The molecule has 0 radical (unpaired) electrons. The van der Waals surface area contributed by atoms with Gasteiger partial charge in [-0.3, -0.25) is 9.10 Å². The number of hydrogen-bond acceptors (Lipinski definition) is 4. The van der Waals surface area contributed by atoms with E-state index in [2.05, 4.69) is 36.5 Å². The largest absolute Gasteiger partial charge is 0.351 e. The minimum Gasteiger partial charge on any atom is -0.351 e. The van der Waals surface area contributed by atoms with Crippen LogP contribution >= 0.6 is 23.4 Å². The Morgan fingerprint density at radius 3 is 2.23 bits per heavy atom. The first-order valence-corrected chi connectivity index (χ1v) is 15.6. The molecule has 0 saturated heterocycles. The van der Waals surface area contributed by atoms with Gasteiger partial charge in [0.05, 0.1) is 17.1 Å². The van der Waals surface area contributed by atoms with E-state index in [4.69, 9.17) is 11.6 Å². The zero-order chi connectivity index (χ0) is 27.8. The van der Waals surface area contributed by atoms with Gasteiger partial charge in [0.2, 0.25) is 0 Å². The van der Waals surface area contributed by atoms with Crippen LogP contribution in [-0.4, -0.2) is 26.6 Å². The van der Waals surface area contributed by atoms with Crippen molar-refractivity contribution in [1.82, 2.24) is 5.32 Å². The molecule has 0 spiro atoms. The van der Waals surface area contributed by atoms with E-state index >= 15 is 0 Å². The van der Waals surface area contributed by atoms with E-state index in [0.717, 1.165) is 22.6 Å². The van der Waals surface area contributed by atoms with Gasteiger partial charge in [0.15, 0.2) is 0 Å². The molecule has 4 aromatic rings. The first-order valence-electron chi connectivity index (χ1n) is 12.6. The number of rotatable bonds is 11. The fraction of sp³-hybridized carbons (Fsp3) is 0.194. The number of sulfonamides is 1. The molecule has 0 unspecified atom stereocenters. The third kappa shape index (κ3) is 7.66. The molecule has 0 aliphatic rings. The highest BCUT2D eigenvalue weighted by atomic mass is 35.5. The van der Waals surface area contributed by atoms with Gasteiger partial charge in [0, 0.05) is 28.6 Å². The summed E-state index contributed by atoms with van der Waals surface area (Å²) in [7, 11) is -3.86. The van der Waals surface area contributed by atoms with Gasteiger partial charge in [0.1, 0.15) is 0 Å². The zero-order valence-corrected chi connectivity index (χ0v) is 24.3. The van der Waals surface area contributed by atoms with Crippen molar-refractivity contribution in [2.24, 2.45) is 0 Å². The van der Waals surface area contributed by atoms with Crippen LogP contribution in [0.4, 0.5) is 5.69 Å². The molecular formula is C31H31ClN2O3S2. The van der Waals surface area contributed by atoms with Gasteiger partial charge in [0.25, 0.3) is 15.9 Å². The maximum atomic E-state index is 13.7. The zero-order valence-electron chi connectivity index (χ0n) is 21.9. The number of anilines is 1. The third-order valence-corrected chi connectivity index (χ3v) is 9.27. The summed E-state index contributed by atoms with van der Waals surface area (Å²) >= 11 is 8.02. The Morgan fingerprint density at radius 1 is 0.872 bits per heavy atom. The van der Waals surface area contributed by atoms with Crippen molar-refractivity contribution in [3.05, 3.63) is 130 Å². The molecule has 0 aromatic heterocycles. The van der Waals surface area contributed by atoms with E-state index in [1.165, 1.54) is 15.4 Å². The highest BCUT2D eigenvalue weighted by molar-refractivity contribution is 7.98. The molecule has 0 fully saturated rings. The number of halogens is 1. The first kappa shape index (κ1) is 28.7. The Bertz CT molecular complexity index is 1510. The molecule has 1 amide bonds. The minimum absolute atomic E-state index is 0.0932. The van der Waals surface area contributed by atoms with E-state index in [-0.39, 0.29) is 17.3 Å². The summed E-state index contributed by atoms with van der Waals surface area (Å²) in [5, 5.41) is 3.41. The van der Waals surface area contributed by atoms with Gasteiger partial charge >= 0.3 is 0 Å². The quantitative estimate of drug-likeness (QED) is 0.194. The smallest absolute Gasteiger partial charge is 0.264 e. The van der Waals surface area contributed by atoms with Crippen LogP contribution in [-0.2, 0) is 22.3 Å². The highest BCUT2D eigenvalue weighted by Crippen LogP contribution is 2.31. The molecule has 4 aromatic carbocycles. The summed E-state index contributed by atoms with van der Waals surface area (Å²) < 4.78 is 28.7. The Hall–Kier alpha value is -3.26. The molecule has 1 N–H and O–H groups in total. The van der Waals surface area contributed by atoms with Gasteiger partial charge in [-0.1, -0.05) is 77.8 Å². The van der Waals surface area contributed by atoms with Crippen LogP contribution in [0.3, 0.4) is 0 Å². The lowest BCUT2D eigenvalue weighted by Gasteiger charge is -2.26. The molecule has 0 bridgehead atoms. The normalized spacial score (nSPS) is 11.3. The number of aryl methyl sites for hydroxylation is 2. The Balaban J connectivity index is 1.42. The van der Waals surface area contributed by atoms with Crippen molar-refractivity contribution in [2.75, 3.05) is 16.6 Å². The Labute approximate surface area is 240 Å². The molecule has 0 atom stereocenters. The lowest BCUT2D eigenvalue weighted by atomic mass is 10.1. The standard InChI is InChI=1S/C31H31ClN2O3S2/c1-23-8-11-26(12-9-23)22-38-19-18-33-31(35)27-15-13-25(14-16-27)21-34(30-20-28(32)17-10-24(30)2)39(36,37)29-6-4-3-5-7-29/h3-17,20H,18-19,21-22H2,1-2H3,(H,33,35). The molecule has 0 saturated carbocycles. The Morgan fingerprint density at radius 2 is 1.54 bits per heavy atom. The van der Waals surface area contributed by atoms with Gasteiger partial charge in [-0.25, -0.2) is 8.42 Å². The number of nitrogens with zero attached hydrogens (tertiary/aromatic N) is 1. The number of carbonyl (C=O) groups is 1. The fourth-order valence-electron chi connectivity index (χ4n) is 4.01. The van der Waals surface area contributed by atoms with Gasteiger partial charge in [-0.15, -0.1) is 0 Å². The highest BCUT2D eigenvalue weighted by Gasteiger charge is 2.26. The van der Waals surface area contributed by atoms with Crippen LogP contribution in [0.2, 0.25) is 5.02 Å². The van der Waals surface area contributed by atoms with Crippen LogP contribution in [0.25, 0.3) is 0 Å². The summed E-state index contributed by atoms with van der Waals surface area (Å²) in [6.07, 6.45) is 0. The number of hydrogen-bond donors (Lipinski definition) is 1. The lowest BCUT2D eigenvalue weighted by Crippen LogP contribution is -2.31. The molecule has 0 heterocycles. The van der Waals surface area contributed by atoms with Crippen molar-refractivity contribution in [1.29, 1.82) is 0 Å². The second-order valence-corrected chi connectivity index (χ2v) is 12.7. The van der Waals surface area contributed by atoms with Crippen molar-refractivity contribution in [3.63, 3.8) is 0 Å². The maximum Gasteiger partial charge on any atom is 0.264 e. The van der Waals surface area contributed by atoms with Gasteiger partial charge in [-0.2, -0.15) is 11.8 Å².